The molecule has 0 amide bonds. The molecule has 2 nitrogen and oxygen atoms in total. The predicted octanol–water partition coefficient (Wildman–Crippen LogP) is 1.66. The molecule has 0 aromatic heterocycles. The van der Waals surface area contributed by atoms with Crippen LogP contribution in [-0.4, -0.2) is 12.6 Å². The maximum atomic E-state index is 5.84. The largest absolute Gasteiger partial charge is 0.399 e. The molecule has 1 heterocycles. The third-order valence-electron chi connectivity index (χ3n) is 3.57. The Morgan fingerprint density at radius 1 is 1.36 bits per heavy atom. The molecule has 1 aliphatic carbocycles. The molecule has 2 atom stereocenters. The van der Waals surface area contributed by atoms with E-state index < -0.39 is 0 Å². The van der Waals surface area contributed by atoms with Crippen LogP contribution >= 0.6 is 0 Å². The Hall–Kier alpha value is -1.02. The number of nitrogen functional groups attached to an aromatic ring is 1. The van der Waals surface area contributed by atoms with Crippen LogP contribution in [0.3, 0.4) is 0 Å². The van der Waals surface area contributed by atoms with Gasteiger partial charge in [0.1, 0.15) is 0 Å². The summed E-state index contributed by atoms with van der Waals surface area (Å²) in [5, 5.41) is 3.57. The van der Waals surface area contributed by atoms with Crippen molar-refractivity contribution in [3.63, 3.8) is 0 Å². The number of hydrogen-bond acceptors (Lipinski definition) is 2. The molecular formula is C12H16N2. The standard InChI is InChI=1S/C12H16N2/c13-10-2-1-8-5-11-6-9(3-4-14-11)12(8)7-10/h1-2,7,9,11,14H,3-6,13H2. The summed E-state index contributed by atoms with van der Waals surface area (Å²) in [6.07, 6.45) is 3.76. The van der Waals surface area contributed by atoms with Crippen molar-refractivity contribution in [2.24, 2.45) is 0 Å². The molecule has 14 heavy (non-hydrogen) atoms. The van der Waals surface area contributed by atoms with Gasteiger partial charge in [0, 0.05) is 11.7 Å². The van der Waals surface area contributed by atoms with Crippen molar-refractivity contribution in [1.29, 1.82) is 0 Å². The number of anilines is 1. The zero-order valence-electron chi connectivity index (χ0n) is 8.29. The Labute approximate surface area is 84.5 Å². The highest BCUT2D eigenvalue weighted by Crippen LogP contribution is 2.37. The molecule has 74 valence electrons. The van der Waals surface area contributed by atoms with Gasteiger partial charge in [0.05, 0.1) is 0 Å². The third-order valence-corrected chi connectivity index (χ3v) is 3.57. The van der Waals surface area contributed by atoms with Crippen LogP contribution in [0, 0.1) is 0 Å². The van der Waals surface area contributed by atoms with Crippen LogP contribution < -0.4 is 11.1 Å². The van der Waals surface area contributed by atoms with Gasteiger partial charge in [0.25, 0.3) is 0 Å². The van der Waals surface area contributed by atoms with Crippen LogP contribution in [0.5, 0.6) is 0 Å². The van der Waals surface area contributed by atoms with Crippen LogP contribution in [0.1, 0.15) is 29.9 Å². The van der Waals surface area contributed by atoms with E-state index in [2.05, 4.69) is 17.4 Å². The van der Waals surface area contributed by atoms with Crippen LogP contribution in [0.4, 0.5) is 5.69 Å². The molecule has 0 radical (unpaired) electrons. The number of nitrogens with one attached hydrogen (secondary N) is 1. The molecule has 0 spiro atoms. The van der Waals surface area contributed by atoms with Gasteiger partial charge in [-0.1, -0.05) is 6.07 Å². The molecule has 3 N–H and O–H groups in total. The van der Waals surface area contributed by atoms with Crippen LogP contribution in [0.25, 0.3) is 0 Å². The number of rotatable bonds is 0. The Balaban J connectivity index is 2.06. The summed E-state index contributed by atoms with van der Waals surface area (Å²) < 4.78 is 0. The van der Waals surface area contributed by atoms with E-state index in [1.165, 1.54) is 36.9 Å². The summed E-state index contributed by atoms with van der Waals surface area (Å²) in [5.41, 5.74) is 9.78. The molecule has 2 aliphatic rings. The summed E-state index contributed by atoms with van der Waals surface area (Å²) >= 11 is 0. The van der Waals surface area contributed by atoms with Crippen molar-refractivity contribution in [2.75, 3.05) is 12.3 Å². The van der Waals surface area contributed by atoms with Gasteiger partial charge in [-0.25, -0.2) is 0 Å². The van der Waals surface area contributed by atoms with Crippen molar-refractivity contribution < 1.29 is 0 Å². The summed E-state index contributed by atoms with van der Waals surface area (Å²) in [6.45, 7) is 1.17. The lowest BCUT2D eigenvalue weighted by atomic mass is 9.76. The van der Waals surface area contributed by atoms with Crippen LogP contribution in [0.2, 0.25) is 0 Å². The Morgan fingerprint density at radius 2 is 2.29 bits per heavy atom. The molecular weight excluding hydrogens is 172 g/mol. The molecule has 2 unspecified atom stereocenters. The molecule has 1 fully saturated rings. The summed E-state index contributed by atoms with van der Waals surface area (Å²) in [6, 6.07) is 7.13. The van der Waals surface area contributed by atoms with Crippen LogP contribution in [0.15, 0.2) is 18.2 Å². The minimum atomic E-state index is 0.713. The van der Waals surface area contributed by atoms with E-state index >= 15 is 0 Å². The van der Waals surface area contributed by atoms with E-state index in [-0.39, 0.29) is 0 Å². The van der Waals surface area contributed by atoms with Gasteiger partial charge in [-0.2, -0.15) is 0 Å². The van der Waals surface area contributed by atoms with Gasteiger partial charge < -0.3 is 11.1 Å². The average Bonchev–Trinajstić information content (AvgIpc) is 2.20. The molecule has 1 aromatic carbocycles. The van der Waals surface area contributed by atoms with Gasteiger partial charge in [0.2, 0.25) is 0 Å². The van der Waals surface area contributed by atoms with Gasteiger partial charge >= 0.3 is 0 Å². The fourth-order valence-corrected chi connectivity index (χ4v) is 2.89. The lowest BCUT2D eigenvalue weighted by Gasteiger charge is -2.37. The van der Waals surface area contributed by atoms with Gasteiger partial charge in [0.15, 0.2) is 0 Å². The average molecular weight is 188 g/mol. The van der Waals surface area contributed by atoms with Crippen molar-refractivity contribution >= 4 is 5.69 Å². The quantitative estimate of drug-likeness (QED) is 0.608. The maximum Gasteiger partial charge on any atom is 0.0317 e. The summed E-state index contributed by atoms with van der Waals surface area (Å²) in [4.78, 5) is 0. The molecule has 0 saturated carbocycles. The Bertz CT molecular complexity index is 359. The SMILES string of the molecule is Nc1ccc2c(c1)C1CCNC(C2)C1. The number of fused-ring (bicyclic) bond motifs is 4. The highest BCUT2D eigenvalue weighted by molar-refractivity contribution is 5.47. The second-order valence-electron chi connectivity index (χ2n) is 4.53. The van der Waals surface area contributed by atoms with Gasteiger partial charge in [-0.15, -0.1) is 0 Å². The van der Waals surface area contributed by atoms with Crippen molar-refractivity contribution in [2.45, 2.75) is 31.2 Å². The number of piperidine rings is 1. The second-order valence-corrected chi connectivity index (χ2v) is 4.53. The highest BCUT2D eigenvalue weighted by Gasteiger charge is 2.29. The first-order chi connectivity index (χ1) is 6.83. The first-order valence-corrected chi connectivity index (χ1v) is 5.44. The molecule has 1 aromatic rings. The first-order valence-electron chi connectivity index (χ1n) is 5.44. The predicted molar refractivity (Wildman–Crippen MR) is 58.3 cm³/mol. The minimum Gasteiger partial charge on any atom is -0.399 e. The third kappa shape index (κ3) is 1.22. The summed E-state index contributed by atoms with van der Waals surface area (Å²) in [7, 11) is 0. The monoisotopic (exact) mass is 188 g/mol. The highest BCUT2D eigenvalue weighted by atomic mass is 14.9. The fourth-order valence-electron chi connectivity index (χ4n) is 2.89. The number of hydrogen-bond donors (Lipinski definition) is 2. The smallest absolute Gasteiger partial charge is 0.0317 e. The normalized spacial score (nSPS) is 29.7. The van der Waals surface area contributed by atoms with Crippen molar-refractivity contribution in [3.8, 4) is 0 Å². The summed E-state index contributed by atoms with van der Waals surface area (Å²) in [5.74, 6) is 0.758. The van der Waals surface area contributed by atoms with Gasteiger partial charge in [-0.05, 0) is 55.0 Å². The van der Waals surface area contributed by atoms with Crippen molar-refractivity contribution in [1.82, 2.24) is 5.32 Å². The van der Waals surface area contributed by atoms with Gasteiger partial charge in [-0.3, -0.25) is 0 Å². The lowest BCUT2D eigenvalue weighted by Crippen LogP contribution is -2.42. The molecule has 1 saturated heterocycles. The molecule has 1 aliphatic heterocycles. The fraction of sp³-hybridized carbons (Fsp3) is 0.500. The molecule has 2 heteroatoms. The zero-order chi connectivity index (χ0) is 9.54. The second kappa shape index (κ2) is 2.99. The minimum absolute atomic E-state index is 0.713. The van der Waals surface area contributed by atoms with E-state index in [1.807, 2.05) is 6.07 Å². The van der Waals surface area contributed by atoms with Crippen molar-refractivity contribution in [3.05, 3.63) is 29.3 Å². The zero-order valence-corrected chi connectivity index (χ0v) is 8.29. The maximum absolute atomic E-state index is 5.84. The topological polar surface area (TPSA) is 38.0 Å². The number of benzene rings is 1. The van der Waals surface area contributed by atoms with Crippen LogP contribution in [-0.2, 0) is 6.42 Å². The Morgan fingerprint density at radius 3 is 3.21 bits per heavy atom. The molecule has 2 bridgehead atoms. The Kier molecular flexibility index (Phi) is 1.77. The molecule has 3 rings (SSSR count). The van der Waals surface area contributed by atoms with E-state index in [1.54, 1.807) is 0 Å². The van der Waals surface area contributed by atoms with E-state index in [0.717, 1.165) is 11.6 Å². The first kappa shape index (κ1) is 8.30. The van der Waals surface area contributed by atoms with E-state index in [4.69, 9.17) is 5.73 Å². The lowest BCUT2D eigenvalue weighted by molar-refractivity contribution is 0.339. The van der Waals surface area contributed by atoms with E-state index in [0.29, 0.717) is 6.04 Å². The van der Waals surface area contributed by atoms with E-state index in [9.17, 15) is 0 Å². The number of nitrogens with two attached hydrogens (primary N) is 1.